The molecule has 1 amide bonds. The Morgan fingerprint density at radius 3 is 2.53 bits per heavy atom. The number of likely N-dealkylation sites (N-methyl/N-ethyl adjacent to an activating group) is 1. The number of amides is 1. The van der Waals surface area contributed by atoms with Crippen LogP contribution in [0.3, 0.4) is 0 Å². The number of hydrogen-bond donors (Lipinski definition) is 1. The second-order valence-electron chi connectivity index (χ2n) is 6.42. The van der Waals surface area contributed by atoms with Crippen LogP contribution in [-0.4, -0.2) is 30.4 Å². The normalized spacial score (nSPS) is 33.1. The third kappa shape index (κ3) is 2.65. The van der Waals surface area contributed by atoms with E-state index in [1.165, 1.54) is 25.7 Å². The summed E-state index contributed by atoms with van der Waals surface area (Å²) in [4.78, 5) is 14.0. The first kappa shape index (κ1) is 12.9. The van der Waals surface area contributed by atoms with Gasteiger partial charge in [0, 0.05) is 13.6 Å². The van der Waals surface area contributed by atoms with Gasteiger partial charge < -0.3 is 10.6 Å². The molecule has 2 saturated carbocycles. The van der Waals surface area contributed by atoms with E-state index in [0.29, 0.717) is 0 Å². The van der Waals surface area contributed by atoms with E-state index in [0.717, 1.165) is 24.3 Å². The van der Waals surface area contributed by atoms with E-state index in [4.69, 9.17) is 5.73 Å². The Kier molecular flexibility index (Phi) is 3.76. The van der Waals surface area contributed by atoms with Gasteiger partial charge in [0.15, 0.2) is 0 Å². The molecule has 3 unspecified atom stereocenters. The summed E-state index contributed by atoms with van der Waals surface area (Å²) in [6.45, 7) is 4.93. The number of carbonyl (C=O) groups excluding carboxylic acids is 1. The molecule has 2 N–H and O–H groups in total. The number of fused-ring (bicyclic) bond motifs is 2. The minimum Gasteiger partial charge on any atom is -0.344 e. The van der Waals surface area contributed by atoms with E-state index in [-0.39, 0.29) is 17.9 Å². The van der Waals surface area contributed by atoms with E-state index >= 15 is 0 Å². The first-order valence-electron chi connectivity index (χ1n) is 6.99. The lowest BCUT2D eigenvalue weighted by Gasteiger charge is -2.29. The van der Waals surface area contributed by atoms with Crippen LogP contribution in [0.2, 0.25) is 0 Å². The zero-order valence-corrected chi connectivity index (χ0v) is 11.4. The van der Waals surface area contributed by atoms with Crippen molar-refractivity contribution in [2.24, 2.45) is 29.4 Å². The molecule has 2 bridgehead atoms. The summed E-state index contributed by atoms with van der Waals surface area (Å²) in [7, 11) is 1.91. The Hall–Kier alpha value is -0.570. The number of rotatable bonds is 4. The molecule has 0 aliphatic heterocycles. The van der Waals surface area contributed by atoms with Gasteiger partial charge in [-0.25, -0.2) is 0 Å². The maximum atomic E-state index is 12.1. The Bertz CT molecular complexity index is 290. The Labute approximate surface area is 105 Å². The van der Waals surface area contributed by atoms with Gasteiger partial charge in [-0.15, -0.1) is 0 Å². The summed E-state index contributed by atoms with van der Waals surface area (Å²) < 4.78 is 0. The SMILES string of the molecule is CC(C)[C@H](N)C(=O)N(C)CC1CC2CCC1C2. The molecule has 0 aromatic heterocycles. The highest BCUT2D eigenvalue weighted by atomic mass is 16.2. The number of nitrogens with two attached hydrogens (primary N) is 1. The van der Waals surface area contributed by atoms with Crippen molar-refractivity contribution in [2.75, 3.05) is 13.6 Å². The number of carbonyl (C=O) groups is 1. The molecule has 0 spiro atoms. The van der Waals surface area contributed by atoms with E-state index < -0.39 is 0 Å². The van der Waals surface area contributed by atoms with E-state index in [1.54, 1.807) is 0 Å². The largest absolute Gasteiger partial charge is 0.344 e. The lowest BCUT2D eigenvalue weighted by Crippen LogP contribution is -2.46. The van der Waals surface area contributed by atoms with Crippen molar-refractivity contribution in [3.63, 3.8) is 0 Å². The molecule has 2 aliphatic rings. The minimum atomic E-state index is -0.335. The van der Waals surface area contributed by atoms with Gasteiger partial charge in [-0.05, 0) is 42.9 Å². The van der Waals surface area contributed by atoms with Gasteiger partial charge in [-0.2, -0.15) is 0 Å². The van der Waals surface area contributed by atoms with Gasteiger partial charge in [0.25, 0.3) is 0 Å². The monoisotopic (exact) mass is 238 g/mol. The number of hydrogen-bond acceptors (Lipinski definition) is 2. The zero-order chi connectivity index (χ0) is 12.6. The third-order valence-electron chi connectivity index (χ3n) is 4.77. The van der Waals surface area contributed by atoms with E-state index in [9.17, 15) is 4.79 Å². The molecule has 2 rings (SSSR count). The Morgan fingerprint density at radius 2 is 2.06 bits per heavy atom. The standard InChI is InChI=1S/C14H26N2O/c1-9(2)13(15)14(17)16(3)8-12-7-10-4-5-11(12)6-10/h9-13H,4-8,15H2,1-3H3/t10?,11?,12?,13-/m0/s1. The van der Waals surface area contributed by atoms with Crippen molar-refractivity contribution in [1.29, 1.82) is 0 Å². The summed E-state index contributed by atoms with van der Waals surface area (Å²) in [6, 6.07) is -0.335. The van der Waals surface area contributed by atoms with Crippen LogP contribution in [0.1, 0.15) is 39.5 Å². The molecule has 4 atom stereocenters. The van der Waals surface area contributed by atoms with Crippen molar-refractivity contribution >= 4 is 5.91 Å². The van der Waals surface area contributed by atoms with Gasteiger partial charge in [0.05, 0.1) is 6.04 Å². The second-order valence-corrected chi connectivity index (χ2v) is 6.42. The summed E-state index contributed by atoms with van der Waals surface area (Å²) in [5, 5.41) is 0. The lowest BCUT2D eigenvalue weighted by molar-refractivity contribution is -0.133. The maximum absolute atomic E-state index is 12.1. The van der Waals surface area contributed by atoms with Gasteiger partial charge in [-0.1, -0.05) is 20.3 Å². The van der Waals surface area contributed by atoms with Crippen molar-refractivity contribution in [3.8, 4) is 0 Å². The average molecular weight is 238 g/mol. The predicted molar refractivity (Wildman–Crippen MR) is 69.4 cm³/mol. The fourth-order valence-corrected chi connectivity index (χ4v) is 3.58. The summed E-state index contributed by atoms with van der Waals surface area (Å²) in [6.07, 6.45) is 5.54. The van der Waals surface area contributed by atoms with Gasteiger partial charge in [0.1, 0.15) is 0 Å². The van der Waals surface area contributed by atoms with Crippen LogP contribution >= 0.6 is 0 Å². The van der Waals surface area contributed by atoms with Gasteiger partial charge in [-0.3, -0.25) is 4.79 Å². The first-order valence-corrected chi connectivity index (χ1v) is 6.99. The molecular weight excluding hydrogens is 212 g/mol. The lowest BCUT2D eigenvalue weighted by atomic mass is 9.88. The van der Waals surface area contributed by atoms with Crippen molar-refractivity contribution in [3.05, 3.63) is 0 Å². The molecule has 2 fully saturated rings. The number of nitrogens with zero attached hydrogens (tertiary/aromatic N) is 1. The Morgan fingerprint density at radius 1 is 1.35 bits per heavy atom. The van der Waals surface area contributed by atoms with Crippen LogP contribution in [0, 0.1) is 23.7 Å². The Balaban J connectivity index is 1.85. The minimum absolute atomic E-state index is 0.114. The molecule has 3 nitrogen and oxygen atoms in total. The van der Waals surface area contributed by atoms with Crippen molar-refractivity contribution in [1.82, 2.24) is 4.90 Å². The molecule has 0 saturated heterocycles. The molecule has 2 aliphatic carbocycles. The zero-order valence-electron chi connectivity index (χ0n) is 11.4. The predicted octanol–water partition coefficient (Wildman–Crippen LogP) is 1.86. The maximum Gasteiger partial charge on any atom is 0.239 e. The summed E-state index contributed by atoms with van der Waals surface area (Å²) in [5.74, 6) is 2.91. The van der Waals surface area contributed by atoms with Crippen LogP contribution < -0.4 is 5.73 Å². The first-order chi connectivity index (χ1) is 7.99. The average Bonchev–Trinajstić information content (AvgIpc) is 2.88. The highest BCUT2D eigenvalue weighted by Crippen LogP contribution is 2.48. The molecule has 17 heavy (non-hydrogen) atoms. The molecule has 0 radical (unpaired) electrons. The molecule has 0 aromatic carbocycles. The van der Waals surface area contributed by atoms with Crippen LogP contribution in [0.5, 0.6) is 0 Å². The summed E-state index contributed by atoms with van der Waals surface area (Å²) >= 11 is 0. The second kappa shape index (κ2) is 4.97. The fourth-order valence-electron chi connectivity index (χ4n) is 3.58. The highest BCUT2D eigenvalue weighted by molar-refractivity contribution is 5.81. The van der Waals surface area contributed by atoms with E-state index in [1.807, 2.05) is 25.8 Å². The van der Waals surface area contributed by atoms with Gasteiger partial charge in [0.2, 0.25) is 5.91 Å². The highest BCUT2D eigenvalue weighted by Gasteiger charge is 2.40. The molecule has 3 heteroatoms. The van der Waals surface area contributed by atoms with Crippen LogP contribution in [-0.2, 0) is 4.79 Å². The summed E-state index contributed by atoms with van der Waals surface area (Å²) in [5.41, 5.74) is 5.92. The smallest absolute Gasteiger partial charge is 0.239 e. The van der Waals surface area contributed by atoms with Crippen LogP contribution in [0.4, 0.5) is 0 Å². The van der Waals surface area contributed by atoms with Crippen LogP contribution in [0.25, 0.3) is 0 Å². The topological polar surface area (TPSA) is 46.3 Å². The quantitative estimate of drug-likeness (QED) is 0.812. The molecule has 0 heterocycles. The molecule has 0 aromatic rings. The van der Waals surface area contributed by atoms with Crippen molar-refractivity contribution < 1.29 is 4.79 Å². The van der Waals surface area contributed by atoms with Crippen LogP contribution in [0.15, 0.2) is 0 Å². The molecular formula is C14H26N2O. The fraction of sp³-hybridized carbons (Fsp3) is 0.929. The van der Waals surface area contributed by atoms with E-state index in [2.05, 4.69) is 0 Å². The third-order valence-corrected chi connectivity index (χ3v) is 4.77. The van der Waals surface area contributed by atoms with Crippen molar-refractivity contribution in [2.45, 2.75) is 45.6 Å². The van der Waals surface area contributed by atoms with Gasteiger partial charge >= 0.3 is 0 Å². The molecule has 98 valence electrons.